The topological polar surface area (TPSA) is 163 Å². The van der Waals surface area contributed by atoms with Crippen molar-refractivity contribution in [3.8, 4) is 0 Å². The van der Waals surface area contributed by atoms with Gasteiger partial charge in [0.25, 0.3) is 13.4 Å². The number of aliphatic hydroxyl groups is 1. The molecule has 3 N–H and O–H groups in total. The zero-order valence-corrected chi connectivity index (χ0v) is 15.2. The summed E-state index contributed by atoms with van der Waals surface area (Å²) in [6, 6.07) is 1.08. The molecule has 1 unspecified atom stereocenters. The van der Waals surface area contributed by atoms with Crippen LogP contribution in [0.3, 0.4) is 0 Å². The van der Waals surface area contributed by atoms with Gasteiger partial charge in [-0.1, -0.05) is 0 Å². The van der Waals surface area contributed by atoms with Crippen molar-refractivity contribution in [2.24, 2.45) is 0 Å². The van der Waals surface area contributed by atoms with E-state index < -0.39 is 50.2 Å². The van der Waals surface area contributed by atoms with Crippen LogP contribution >= 0.6 is 7.82 Å². The summed E-state index contributed by atoms with van der Waals surface area (Å²) in [5.41, 5.74) is -1.40. The molecule has 5 atom stereocenters. The molecule has 0 aromatic carbocycles. The fraction of sp³-hybridized carbons (Fsp3) is 0.600. The molecule has 0 bridgehead atoms. The van der Waals surface area contributed by atoms with Crippen LogP contribution in [0.5, 0.6) is 0 Å². The Hall–Kier alpha value is -0.330. The molecule has 0 saturated carbocycles. The molecule has 124 valence electrons. The van der Waals surface area contributed by atoms with Gasteiger partial charge in [0, 0.05) is 19.4 Å². The van der Waals surface area contributed by atoms with E-state index in [2.05, 4.69) is 4.52 Å². The molecule has 0 spiro atoms. The number of hydrogen-bond acceptors (Lipinski definition) is 8. The van der Waals surface area contributed by atoms with Crippen molar-refractivity contribution in [2.75, 3.05) is 13.7 Å². The van der Waals surface area contributed by atoms with Crippen molar-refractivity contribution in [3.05, 3.63) is 33.1 Å². The van der Waals surface area contributed by atoms with Gasteiger partial charge in [0.15, 0.2) is 6.23 Å². The van der Waals surface area contributed by atoms with Crippen molar-refractivity contribution in [2.45, 2.75) is 24.5 Å². The number of aromatic nitrogens is 2. The zero-order chi connectivity index (χ0) is 16.5. The molecule has 0 radical (unpaired) electrons. The second-order valence-electron chi connectivity index (χ2n) is 4.54. The first-order valence-corrected chi connectivity index (χ1v) is 7.58. The van der Waals surface area contributed by atoms with Gasteiger partial charge in [-0.2, -0.15) is 0 Å². The molecule has 1 saturated heterocycles. The minimum Gasteiger partial charge on any atom is -0.756 e. The van der Waals surface area contributed by atoms with E-state index in [0.29, 0.717) is 0 Å². The third kappa shape index (κ3) is 5.07. The monoisotopic (exact) mass is 360 g/mol. The van der Waals surface area contributed by atoms with E-state index in [0.717, 1.165) is 16.8 Å². The number of aromatic amines is 1. The van der Waals surface area contributed by atoms with Gasteiger partial charge in [0.1, 0.15) is 18.3 Å². The summed E-state index contributed by atoms with van der Waals surface area (Å²) in [4.78, 5) is 44.0. The average molecular weight is 360 g/mol. The Labute approximate surface area is 151 Å². The summed E-state index contributed by atoms with van der Waals surface area (Å²) in [5.74, 6) is 0. The Morgan fingerprint density at radius 1 is 1.52 bits per heavy atom. The number of rotatable bonds is 5. The summed E-state index contributed by atoms with van der Waals surface area (Å²) in [6.45, 7) is -0.660. The van der Waals surface area contributed by atoms with E-state index in [1.165, 1.54) is 7.11 Å². The van der Waals surface area contributed by atoms with Crippen LogP contribution in [0.4, 0.5) is 0 Å². The number of phosphoric acid groups is 1. The van der Waals surface area contributed by atoms with E-state index >= 15 is 0 Å². The van der Waals surface area contributed by atoms with E-state index in [4.69, 9.17) is 14.4 Å². The van der Waals surface area contributed by atoms with Crippen molar-refractivity contribution < 1.29 is 63.0 Å². The van der Waals surface area contributed by atoms with Gasteiger partial charge < -0.3 is 28.9 Å². The van der Waals surface area contributed by atoms with Crippen LogP contribution in [0.2, 0.25) is 0 Å². The van der Waals surface area contributed by atoms with E-state index in [9.17, 15) is 24.2 Å². The van der Waals surface area contributed by atoms with Crippen LogP contribution in [-0.4, -0.2) is 51.6 Å². The number of nitrogens with zero attached hydrogens (tertiary/aromatic N) is 1. The second kappa shape index (κ2) is 8.17. The Balaban J connectivity index is 0.00000264. The maximum Gasteiger partial charge on any atom is 1.00 e. The maximum atomic E-state index is 11.7. The van der Waals surface area contributed by atoms with Crippen LogP contribution in [0.25, 0.3) is 0 Å². The number of phosphoric ester groups is 1. The molecule has 0 amide bonds. The van der Waals surface area contributed by atoms with Crippen LogP contribution in [0.1, 0.15) is 6.23 Å². The third-order valence-electron chi connectivity index (χ3n) is 3.11. The van der Waals surface area contributed by atoms with Gasteiger partial charge in [0.2, 0.25) is 0 Å². The van der Waals surface area contributed by atoms with Crippen molar-refractivity contribution >= 4 is 7.82 Å². The number of ether oxygens (including phenoxy) is 2. The second-order valence-corrected chi connectivity index (χ2v) is 5.73. The molecule has 0 aliphatic carbocycles. The Kier molecular flexibility index (Phi) is 7.36. The minimum absolute atomic E-state index is 0. The third-order valence-corrected chi connectivity index (χ3v) is 3.59. The Morgan fingerprint density at radius 2 is 2.17 bits per heavy atom. The van der Waals surface area contributed by atoms with E-state index in [-0.39, 0.29) is 29.6 Å². The van der Waals surface area contributed by atoms with Gasteiger partial charge >= 0.3 is 35.2 Å². The minimum atomic E-state index is -4.98. The molecule has 1 aliphatic rings. The summed E-state index contributed by atoms with van der Waals surface area (Å²) in [6.07, 6.45) is -3.45. The van der Waals surface area contributed by atoms with Gasteiger partial charge in [-0.3, -0.25) is 18.9 Å². The maximum absolute atomic E-state index is 11.7. The van der Waals surface area contributed by atoms with Crippen molar-refractivity contribution in [1.82, 2.24) is 9.55 Å². The first-order chi connectivity index (χ1) is 10.2. The smallest absolute Gasteiger partial charge is 0.756 e. The molecule has 1 aliphatic heterocycles. The SMILES string of the molecule is CO[C@@H]1[C@H](O)[C@@H](COP(=O)([O-])O)O[C@H]1n1ccc(=O)[nH]c1=O.[Na+]. The Morgan fingerprint density at radius 3 is 2.70 bits per heavy atom. The van der Waals surface area contributed by atoms with Crippen LogP contribution in [0, 0.1) is 0 Å². The predicted molar refractivity (Wildman–Crippen MR) is 67.8 cm³/mol. The van der Waals surface area contributed by atoms with Crippen LogP contribution in [-0.2, 0) is 18.6 Å². The van der Waals surface area contributed by atoms with Crippen LogP contribution < -0.4 is 45.7 Å². The average Bonchev–Trinajstić information content (AvgIpc) is 2.72. The first-order valence-electron chi connectivity index (χ1n) is 6.09. The van der Waals surface area contributed by atoms with Crippen molar-refractivity contribution in [1.29, 1.82) is 0 Å². The number of nitrogens with one attached hydrogen (secondary N) is 1. The standard InChI is InChI=1S/C10H15N2O9P.Na/c1-19-8-7(14)5(4-20-22(16,17)18)21-9(8)12-3-2-6(13)11-10(12)15;/h2-3,5,7-9,14H,4H2,1H3,(H,11,13,15)(H2,16,17,18);/q;+1/p-1/t5-,7-,8-,9-;/m1./s1. The number of H-pyrrole nitrogens is 1. The quantitative estimate of drug-likeness (QED) is 0.343. The molecule has 2 heterocycles. The molecular weight excluding hydrogens is 346 g/mol. The normalized spacial score (nSPS) is 29.7. The molecule has 2 rings (SSSR count). The van der Waals surface area contributed by atoms with E-state index in [1.54, 1.807) is 0 Å². The van der Waals surface area contributed by atoms with Gasteiger partial charge in [0.05, 0.1) is 6.61 Å². The van der Waals surface area contributed by atoms with Gasteiger partial charge in [-0.25, -0.2) is 4.79 Å². The summed E-state index contributed by atoms with van der Waals surface area (Å²) >= 11 is 0. The molecule has 11 nitrogen and oxygen atoms in total. The molecule has 1 aromatic rings. The van der Waals surface area contributed by atoms with Gasteiger partial charge in [-0.05, 0) is 0 Å². The van der Waals surface area contributed by atoms with Crippen molar-refractivity contribution in [3.63, 3.8) is 0 Å². The summed E-state index contributed by atoms with van der Waals surface area (Å²) in [5, 5.41) is 10.0. The largest absolute Gasteiger partial charge is 1.00 e. The fourth-order valence-corrected chi connectivity index (χ4v) is 2.47. The molecular formula is C10H14N2NaO9P. The summed E-state index contributed by atoms with van der Waals surface area (Å²) in [7, 11) is -3.72. The van der Waals surface area contributed by atoms with Crippen LogP contribution in [0.15, 0.2) is 21.9 Å². The van der Waals surface area contributed by atoms with E-state index in [1.807, 2.05) is 4.98 Å². The predicted octanol–water partition coefficient (Wildman–Crippen LogP) is -5.71. The molecule has 1 aromatic heterocycles. The molecule has 13 heteroatoms. The Bertz CT molecular complexity index is 685. The number of aliphatic hydroxyl groups excluding tert-OH is 1. The zero-order valence-electron chi connectivity index (χ0n) is 12.3. The number of hydrogen-bond donors (Lipinski definition) is 3. The number of methoxy groups -OCH3 is 1. The summed E-state index contributed by atoms with van der Waals surface area (Å²) < 4.78 is 26.1. The van der Waals surface area contributed by atoms with Gasteiger partial charge in [-0.15, -0.1) is 0 Å². The molecule has 23 heavy (non-hydrogen) atoms. The molecule has 1 fully saturated rings. The first kappa shape index (κ1) is 20.7. The fourth-order valence-electron chi connectivity index (χ4n) is 2.13.